The fourth-order valence-corrected chi connectivity index (χ4v) is 1.60. The second-order valence-corrected chi connectivity index (χ2v) is 6.17. The Morgan fingerprint density at radius 1 is 1.40 bits per heavy atom. The van der Waals surface area contributed by atoms with Crippen molar-refractivity contribution in [1.82, 2.24) is 10.3 Å². The Labute approximate surface area is 122 Å². The summed E-state index contributed by atoms with van der Waals surface area (Å²) in [6.45, 7) is 12.3. The van der Waals surface area contributed by atoms with Crippen molar-refractivity contribution >= 4 is 11.6 Å². The number of carbonyl (C=O) groups is 1. The van der Waals surface area contributed by atoms with Crippen LogP contribution in [0.25, 0.3) is 0 Å². The molecule has 0 saturated heterocycles. The molecule has 0 atom stereocenters. The smallest absolute Gasteiger partial charge is 0.254 e. The lowest BCUT2D eigenvalue weighted by Gasteiger charge is -2.29. The molecular weight excluding hydrogens is 250 g/mol. The van der Waals surface area contributed by atoms with Gasteiger partial charge < -0.3 is 10.6 Å². The van der Waals surface area contributed by atoms with Gasteiger partial charge in [-0.25, -0.2) is 0 Å². The van der Waals surface area contributed by atoms with E-state index in [0.717, 1.165) is 18.7 Å². The summed E-state index contributed by atoms with van der Waals surface area (Å²) in [5.74, 6) is 0.444. The zero-order chi connectivity index (χ0) is 15.2. The molecule has 4 heteroatoms. The molecule has 0 saturated carbocycles. The molecule has 0 aromatic carbocycles. The van der Waals surface area contributed by atoms with Gasteiger partial charge in [0.2, 0.25) is 0 Å². The van der Waals surface area contributed by atoms with E-state index in [-0.39, 0.29) is 11.3 Å². The van der Waals surface area contributed by atoms with E-state index in [0.29, 0.717) is 18.0 Å². The summed E-state index contributed by atoms with van der Waals surface area (Å²) >= 11 is 0. The minimum Gasteiger partial charge on any atom is -0.384 e. The van der Waals surface area contributed by atoms with Gasteiger partial charge in [0.1, 0.15) is 0 Å². The molecule has 1 amide bonds. The van der Waals surface area contributed by atoms with Crippen molar-refractivity contribution in [2.45, 2.75) is 41.0 Å². The minimum absolute atomic E-state index is 0.0644. The van der Waals surface area contributed by atoms with Gasteiger partial charge in [-0.3, -0.25) is 9.78 Å². The summed E-state index contributed by atoms with van der Waals surface area (Å²) in [7, 11) is 0. The molecule has 112 valence electrons. The molecule has 0 aliphatic rings. The number of amides is 1. The van der Waals surface area contributed by atoms with Crippen LogP contribution in [0.3, 0.4) is 0 Å². The molecule has 0 aliphatic heterocycles. The molecular formula is C16H27N3O. The van der Waals surface area contributed by atoms with Gasteiger partial charge in [0, 0.05) is 25.5 Å². The van der Waals surface area contributed by atoms with Crippen molar-refractivity contribution < 1.29 is 4.79 Å². The van der Waals surface area contributed by atoms with Crippen LogP contribution in [-0.4, -0.2) is 24.0 Å². The highest BCUT2D eigenvalue weighted by Crippen LogP contribution is 2.25. The zero-order valence-electron chi connectivity index (χ0n) is 13.3. The first kappa shape index (κ1) is 16.5. The molecule has 0 aliphatic carbocycles. The Balaban J connectivity index is 2.72. The molecule has 2 N–H and O–H groups in total. The van der Waals surface area contributed by atoms with Gasteiger partial charge in [-0.15, -0.1) is 0 Å². The van der Waals surface area contributed by atoms with Gasteiger partial charge in [0.15, 0.2) is 0 Å². The normalized spacial score (nSPS) is 11.5. The van der Waals surface area contributed by atoms with Crippen LogP contribution >= 0.6 is 0 Å². The highest BCUT2D eigenvalue weighted by atomic mass is 16.1. The number of anilines is 1. The van der Waals surface area contributed by atoms with E-state index in [1.165, 1.54) is 0 Å². The molecule has 1 rings (SSSR count). The Hall–Kier alpha value is -1.58. The fraction of sp³-hybridized carbons (Fsp3) is 0.625. The van der Waals surface area contributed by atoms with Crippen LogP contribution in [0.1, 0.15) is 51.4 Å². The number of pyridine rings is 1. The maximum absolute atomic E-state index is 12.3. The predicted octanol–water partition coefficient (Wildman–Crippen LogP) is 3.32. The van der Waals surface area contributed by atoms with Crippen molar-refractivity contribution in [3.8, 4) is 0 Å². The molecule has 1 heterocycles. The second kappa shape index (κ2) is 7.27. The molecule has 4 nitrogen and oxygen atoms in total. The fourth-order valence-electron chi connectivity index (χ4n) is 1.60. The van der Waals surface area contributed by atoms with Gasteiger partial charge in [0.05, 0.1) is 11.3 Å². The largest absolute Gasteiger partial charge is 0.384 e. The van der Waals surface area contributed by atoms with E-state index >= 15 is 0 Å². The van der Waals surface area contributed by atoms with Gasteiger partial charge in [0.25, 0.3) is 5.91 Å². The van der Waals surface area contributed by atoms with Crippen molar-refractivity contribution in [2.24, 2.45) is 11.3 Å². The summed E-state index contributed by atoms with van der Waals surface area (Å²) in [6, 6.07) is 1.85. The van der Waals surface area contributed by atoms with E-state index in [4.69, 9.17) is 0 Å². The topological polar surface area (TPSA) is 54.0 Å². The predicted molar refractivity (Wildman–Crippen MR) is 84.0 cm³/mol. The first-order chi connectivity index (χ1) is 9.38. The summed E-state index contributed by atoms with van der Waals surface area (Å²) in [6.07, 6.45) is 4.34. The van der Waals surface area contributed by atoms with Crippen LogP contribution in [0.5, 0.6) is 0 Å². The lowest BCUT2D eigenvalue weighted by Crippen LogP contribution is -2.37. The molecule has 1 aromatic rings. The number of carbonyl (C=O) groups excluding carboxylic acids is 1. The number of aromatic nitrogens is 1. The van der Waals surface area contributed by atoms with Crippen LogP contribution in [-0.2, 0) is 0 Å². The molecule has 20 heavy (non-hydrogen) atoms. The average molecular weight is 277 g/mol. The first-order valence-electron chi connectivity index (χ1n) is 7.34. The maximum Gasteiger partial charge on any atom is 0.254 e. The summed E-state index contributed by atoms with van der Waals surface area (Å²) in [5, 5.41) is 6.28. The number of hydrogen-bond acceptors (Lipinski definition) is 3. The Bertz CT molecular complexity index is 441. The maximum atomic E-state index is 12.3. The lowest BCUT2D eigenvalue weighted by molar-refractivity contribution is 0.0925. The highest BCUT2D eigenvalue weighted by Gasteiger charge is 2.23. The lowest BCUT2D eigenvalue weighted by atomic mass is 9.81. The number of rotatable bonds is 7. The third kappa shape index (κ3) is 4.51. The van der Waals surface area contributed by atoms with Crippen LogP contribution in [0.4, 0.5) is 5.69 Å². The molecule has 0 radical (unpaired) electrons. The van der Waals surface area contributed by atoms with E-state index in [1.807, 2.05) is 6.07 Å². The third-order valence-electron chi connectivity index (χ3n) is 3.90. The summed E-state index contributed by atoms with van der Waals surface area (Å²) < 4.78 is 0. The van der Waals surface area contributed by atoms with E-state index in [2.05, 4.69) is 50.2 Å². The van der Waals surface area contributed by atoms with Crippen LogP contribution in [0, 0.1) is 11.3 Å². The van der Waals surface area contributed by atoms with E-state index in [1.54, 1.807) is 12.4 Å². The second-order valence-electron chi connectivity index (χ2n) is 6.17. The van der Waals surface area contributed by atoms with Crippen LogP contribution in [0.2, 0.25) is 0 Å². The van der Waals surface area contributed by atoms with E-state index in [9.17, 15) is 4.79 Å². The third-order valence-corrected chi connectivity index (χ3v) is 3.90. The first-order valence-corrected chi connectivity index (χ1v) is 7.34. The quantitative estimate of drug-likeness (QED) is 0.804. The van der Waals surface area contributed by atoms with Crippen molar-refractivity contribution in [1.29, 1.82) is 0 Å². The standard InChI is InChI=1S/C16H27N3O/c1-6-8-18-14-7-9-17-10-13(14)15(20)19-11-16(4,5)12(2)3/h7,9-10,12H,6,8,11H2,1-5H3,(H,17,18)(H,19,20). The van der Waals surface area contributed by atoms with Crippen molar-refractivity contribution in [3.63, 3.8) is 0 Å². The van der Waals surface area contributed by atoms with Crippen molar-refractivity contribution in [3.05, 3.63) is 24.0 Å². The molecule has 0 spiro atoms. The number of nitrogens with zero attached hydrogens (tertiary/aromatic N) is 1. The number of hydrogen-bond donors (Lipinski definition) is 2. The SMILES string of the molecule is CCCNc1ccncc1C(=O)NCC(C)(C)C(C)C. The van der Waals surface area contributed by atoms with Crippen molar-refractivity contribution in [2.75, 3.05) is 18.4 Å². The molecule has 0 fully saturated rings. The Morgan fingerprint density at radius 2 is 2.10 bits per heavy atom. The van der Waals surface area contributed by atoms with E-state index < -0.39 is 0 Å². The molecule has 1 aromatic heterocycles. The average Bonchev–Trinajstić information content (AvgIpc) is 2.42. The van der Waals surface area contributed by atoms with Crippen LogP contribution < -0.4 is 10.6 Å². The summed E-state index contributed by atoms with van der Waals surface area (Å²) in [4.78, 5) is 16.4. The van der Waals surface area contributed by atoms with Gasteiger partial charge >= 0.3 is 0 Å². The Morgan fingerprint density at radius 3 is 2.70 bits per heavy atom. The minimum atomic E-state index is -0.0644. The zero-order valence-corrected chi connectivity index (χ0v) is 13.3. The van der Waals surface area contributed by atoms with Crippen LogP contribution in [0.15, 0.2) is 18.5 Å². The molecule has 0 unspecified atom stereocenters. The molecule has 0 bridgehead atoms. The summed E-state index contributed by atoms with van der Waals surface area (Å²) in [5.41, 5.74) is 1.54. The Kier molecular flexibility index (Phi) is 5.99. The van der Waals surface area contributed by atoms with Gasteiger partial charge in [-0.1, -0.05) is 34.6 Å². The highest BCUT2D eigenvalue weighted by molar-refractivity contribution is 5.99. The van der Waals surface area contributed by atoms with Gasteiger partial charge in [-0.2, -0.15) is 0 Å². The van der Waals surface area contributed by atoms with Gasteiger partial charge in [-0.05, 0) is 23.8 Å². The number of nitrogens with one attached hydrogen (secondary N) is 2. The monoisotopic (exact) mass is 277 g/mol.